The highest BCUT2D eigenvalue weighted by Gasteiger charge is 2.02. The summed E-state index contributed by atoms with van der Waals surface area (Å²) in [5.74, 6) is 2.28. The molecule has 0 aliphatic heterocycles. The molecule has 0 unspecified atom stereocenters. The van der Waals surface area contributed by atoms with Crippen molar-refractivity contribution < 1.29 is 4.74 Å². The first-order valence-electron chi connectivity index (χ1n) is 7.10. The number of rotatable bonds is 4. The van der Waals surface area contributed by atoms with Gasteiger partial charge in [-0.15, -0.1) is 0 Å². The molecule has 0 amide bonds. The quantitative estimate of drug-likeness (QED) is 0.710. The summed E-state index contributed by atoms with van der Waals surface area (Å²) in [4.78, 5) is 0. The number of anilines is 2. The Morgan fingerprint density at radius 2 is 1.65 bits per heavy atom. The predicted molar refractivity (Wildman–Crippen MR) is 96.0 cm³/mol. The minimum atomic E-state index is 0.487. The molecule has 23 heavy (non-hydrogen) atoms. The number of hydrogen-bond acceptors (Lipinski definition) is 3. The zero-order valence-electron chi connectivity index (χ0n) is 12.6. The van der Waals surface area contributed by atoms with E-state index >= 15 is 0 Å². The Bertz CT molecular complexity index is 784. The monoisotopic (exact) mass is 324 g/mol. The summed E-state index contributed by atoms with van der Waals surface area (Å²) in [5, 5.41) is 10.8. The van der Waals surface area contributed by atoms with E-state index in [0.29, 0.717) is 10.9 Å². The van der Waals surface area contributed by atoms with Crippen LogP contribution in [0.4, 0.5) is 11.5 Å². The van der Waals surface area contributed by atoms with Gasteiger partial charge in [-0.2, -0.15) is 5.10 Å². The average molecular weight is 324 g/mol. The zero-order valence-corrected chi connectivity index (χ0v) is 13.4. The molecule has 0 spiro atoms. The number of para-hydroxylation sites is 1. The summed E-state index contributed by atoms with van der Waals surface area (Å²) >= 11 is 5.26. The molecule has 1 aromatic heterocycles. The van der Waals surface area contributed by atoms with Gasteiger partial charge in [0.25, 0.3) is 0 Å². The molecule has 3 aromatic rings. The van der Waals surface area contributed by atoms with Gasteiger partial charge in [0.2, 0.25) is 0 Å². The van der Waals surface area contributed by atoms with Crippen LogP contribution < -0.4 is 15.4 Å². The second-order valence-electron chi connectivity index (χ2n) is 4.89. The van der Waals surface area contributed by atoms with E-state index in [0.717, 1.165) is 17.2 Å². The third-order valence-electron chi connectivity index (χ3n) is 3.05. The van der Waals surface area contributed by atoms with Crippen LogP contribution in [0.1, 0.15) is 0 Å². The van der Waals surface area contributed by atoms with Crippen molar-refractivity contribution in [3.05, 3.63) is 66.9 Å². The van der Waals surface area contributed by atoms with Crippen LogP contribution >= 0.6 is 12.2 Å². The van der Waals surface area contributed by atoms with Crippen molar-refractivity contribution in [3.63, 3.8) is 0 Å². The molecule has 2 aromatic carbocycles. The van der Waals surface area contributed by atoms with Crippen molar-refractivity contribution in [2.75, 3.05) is 10.6 Å². The van der Waals surface area contributed by atoms with Gasteiger partial charge in [0.05, 0.1) is 0 Å². The SMILES string of the molecule is Cn1ccc(NC(=S)Nc2ccc(Oc3ccccc3)cc2)n1. The largest absolute Gasteiger partial charge is 0.457 e. The molecule has 0 fully saturated rings. The second kappa shape index (κ2) is 6.93. The minimum Gasteiger partial charge on any atom is -0.457 e. The van der Waals surface area contributed by atoms with Crippen LogP contribution in [0.2, 0.25) is 0 Å². The van der Waals surface area contributed by atoms with E-state index in [1.165, 1.54) is 0 Å². The third kappa shape index (κ3) is 4.31. The Labute approximate surface area is 139 Å². The van der Waals surface area contributed by atoms with Crippen molar-refractivity contribution in [1.29, 1.82) is 0 Å². The van der Waals surface area contributed by atoms with E-state index in [1.807, 2.05) is 73.9 Å². The molecule has 0 atom stereocenters. The van der Waals surface area contributed by atoms with Crippen molar-refractivity contribution in [2.24, 2.45) is 7.05 Å². The fraction of sp³-hybridized carbons (Fsp3) is 0.0588. The topological polar surface area (TPSA) is 51.1 Å². The lowest BCUT2D eigenvalue weighted by Crippen LogP contribution is -2.19. The second-order valence-corrected chi connectivity index (χ2v) is 5.30. The first-order valence-corrected chi connectivity index (χ1v) is 7.50. The fourth-order valence-electron chi connectivity index (χ4n) is 1.99. The summed E-state index contributed by atoms with van der Waals surface area (Å²) in [6.07, 6.45) is 1.85. The number of aromatic nitrogens is 2. The number of benzene rings is 2. The van der Waals surface area contributed by atoms with Crippen molar-refractivity contribution in [2.45, 2.75) is 0 Å². The highest BCUT2D eigenvalue weighted by Crippen LogP contribution is 2.22. The smallest absolute Gasteiger partial charge is 0.176 e. The van der Waals surface area contributed by atoms with Crippen LogP contribution in [0, 0.1) is 0 Å². The molecule has 0 aliphatic rings. The molecular formula is C17H16N4OS. The van der Waals surface area contributed by atoms with E-state index in [1.54, 1.807) is 4.68 Å². The molecule has 0 saturated heterocycles. The molecule has 0 aliphatic carbocycles. The van der Waals surface area contributed by atoms with Gasteiger partial charge >= 0.3 is 0 Å². The van der Waals surface area contributed by atoms with Crippen molar-refractivity contribution >= 4 is 28.8 Å². The van der Waals surface area contributed by atoms with Crippen LogP contribution in [-0.2, 0) is 7.05 Å². The van der Waals surface area contributed by atoms with Crippen LogP contribution in [0.3, 0.4) is 0 Å². The lowest BCUT2D eigenvalue weighted by molar-refractivity contribution is 0.483. The number of nitrogens with zero attached hydrogens (tertiary/aromatic N) is 2. The maximum Gasteiger partial charge on any atom is 0.176 e. The Morgan fingerprint density at radius 1 is 0.957 bits per heavy atom. The summed E-state index contributed by atoms with van der Waals surface area (Å²) in [6.45, 7) is 0. The third-order valence-corrected chi connectivity index (χ3v) is 3.25. The minimum absolute atomic E-state index is 0.487. The molecule has 0 bridgehead atoms. The van der Waals surface area contributed by atoms with Gasteiger partial charge < -0.3 is 15.4 Å². The summed E-state index contributed by atoms with van der Waals surface area (Å²) < 4.78 is 7.46. The van der Waals surface area contributed by atoms with Gasteiger partial charge in [0.1, 0.15) is 11.5 Å². The lowest BCUT2D eigenvalue weighted by atomic mass is 10.3. The average Bonchev–Trinajstić information content (AvgIpc) is 2.95. The fourth-order valence-corrected chi connectivity index (χ4v) is 2.21. The molecular weight excluding hydrogens is 308 g/mol. The van der Waals surface area contributed by atoms with E-state index < -0.39 is 0 Å². The zero-order chi connectivity index (χ0) is 16.1. The van der Waals surface area contributed by atoms with E-state index in [2.05, 4.69) is 15.7 Å². The van der Waals surface area contributed by atoms with Gasteiger partial charge in [-0.1, -0.05) is 18.2 Å². The molecule has 0 saturated carbocycles. The Hall–Kier alpha value is -2.86. The van der Waals surface area contributed by atoms with Gasteiger partial charge in [-0.05, 0) is 48.6 Å². The normalized spacial score (nSPS) is 10.1. The summed E-state index contributed by atoms with van der Waals surface area (Å²) in [5.41, 5.74) is 0.874. The van der Waals surface area contributed by atoms with E-state index in [9.17, 15) is 0 Å². The number of thiocarbonyl (C=S) groups is 1. The van der Waals surface area contributed by atoms with E-state index in [-0.39, 0.29) is 0 Å². The van der Waals surface area contributed by atoms with E-state index in [4.69, 9.17) is 17.0 Å². The van der Waals surface area contributed by atoms with Gasteiger partial charge in [-0.3, -0.25) is 4.68 Å². The highest BCUT2D eigenvalue weighted by molar-refractivity contribution is 7.80. The predicted octanol–water partition coefficient (Wildman–Crippen LogP) is 4.02. The Morgan fingerprint density at radius 3 is 2.30 bits per heavy atom. The van der Waals surface area contributed by atoms with Gasteiger partial charge in [0.15, 0.2) is 10.9 Å². The lowest BCUT2D eigenvalue weighted by Gasteiger charge is -2.10. The first-order chi connectivity index (χ1) is 11.2. The van der Waals surface area contributed by atoms with Gasteiger partial charge in [-0.25, -0.2) is 0 Å². The van der Waals surface area contributed by atoms with Crippen LogP contribution in [0.15, 0.2) is 66.9 Å². The number of aryl methyl sites for hydroxylation is 1. The van der Waals surface area contributed by atoms with Crippen LogP contribution in [0.5, 0.6) is 11.5 Å². The Kier molecular flexibility index (Phi) is 4.54. The molecule has 5 nitrogen and oxygen atoms in total. The summed E-state index contributed by atoms with van der Waals surface area (Å²) in [7, 11) is 1.85. The van der Waals surface area contributed by atoms with Crippen molar-refractivity contribution in [1.82, 2.24) is 9.78 Å². The number of nitrogens with one attached hydrogen (secondary N) is 2. The van der Waals surface area contributed by atoms with Crippen molar-refractivity contribution in [3.8, 4) is 11.5 Å². The summed E-state index contributed by atoms with van der Waals surface area (Å²) in [6, 6.07) is 19.1. The Balaban J connectivity index is 1.57. The maximum absolute atomic E-state index is 5.75. The highest BCUT2D eigenvalue weighted by atomic mass is 32.1. The maximum atomic E-state index is 5.75. The van der Waals surface area contributed by atoms with Crippen LogP contribution in [0.25, 0.3) is 0 Å². The van der Waals surface area contributed by atoms with Gasteiger partial charge in [0, 0.05) is 25.0 Å². The van der Waals surface area contributed by atoms with Crippen LogP contribution in [-0.4, -0.2) is 14.9 Å². The molecule has 2 N–H and O–H groups in total. The molecule has 3 rings (SSSR count). The number of hydrogen-bond donors (Lipinski definition) is 2. The molecule has 6 heteroatoms. The molecule has 1 heterocycles. The first kappa shape index (κ1) is 15.1. The molecule has 0 radical (unpaired) electrons. The number of ether oxygens (including phenoxy) is 1. The standard InChI is InChI=1S/C17H16N4OS/c1-21-12-11-16(20-21)19-17(23)18-13-7-9-15(10-8-13)22-14-5-3-2-4-6-14/h2-12H,1H3,(H2,18,19,20,23). The molecule has 116 valence electrons.